The monoisotopic (exact) mass is 274 g/mol. The Hall–Kier alpha value is -1.43. The maximum atomic E-state index is 8.97. The van der Waals surface area contributed by atoms with Crippen LogP contribution in [-0.2, 0) is 0 Å². The Morgan fingerprint density at radius 3 is 2.26 bits per heavy atom. The molecular weight excluding hydrogens is 259 g/mol. The van der Waals surface area contributed by atoms with Crippen molar-refractivity contribution in [3.8, 4) is 5.75 Å². The Labute approximate surface area is 117 Å². The zero-order valence-corrected chi connectivity index (χ0v) is 11.2. The molecule has 0 bridgehead atoms. The molecule has 19 heavy (non-hydrogen) atoms. The summed E-state index contributed by atoms with van der Waals surface area (Å²) in [5, 5.41) is 17.9. The summed E-state index contributed by atoms with van der Waals surface area (Å²) in [5.74, 6) is 1.60. The van der Waals surface area contributed by atoms with Crippen LogP contribution >= 0.6 is 11.8 Å². The van der Waals surface area contributed by atoms with E-state index < -0.39 is 7.12 Å². The molecular formula is C14H15BO3S. The molecule has 0 unspecified atom stereocenters. The van der Waals surface area contributed by atoms with Crippen molar-refractivity contribution in [2.24, 2.45) is 0 Å². The lowest BCUT2D eigenvalue weighted by Gasteiger charge is -2.07. The van der Waals surface area contributed by atoms with E-state index in [2.05, 4.69) is 12.1 Å². The number of thioether (sulfide) groups is 1. The van der Waals surface area contributed by atoms with E-state index in [9.17, 15) is 0 Å². The van der Waals surface area contributed by atoms with Crippen LogP contribution in [0.15, 0.2) is 59.5 Å². The van der Waals surface area contributed by atoms with Gasteiger partial charge in [-0.05, 0) is 29.7 Å². The first-order valence-electron chi connectivity index (χ1n) is 6.02. The summed E-state index contributed by atoms with van der Waals surface area (Å²) >= 11 is 1.74. The van der Waals surface area contributed by atoms with Crippen molar-refractivity contribution in [1.82, 2.24) is 0 Å². The molecule has 5 heteroatoms. The van der Waals surface area contributed by atoms with Crippen LogP contribution in [0.5, 0.6) is 5.75 Å². The van der Waals surface area contributed by atoms with Crippen LogP contribution in [0.4, 0.5) is 0 Å². The van der Waals surface area contributed by atoms with E-state index in [1.165, 1.54) is 4.90 Å². The maximum Gasteiger partial charge on any atom is 0.488 e. The van der Waals surface area contributed by atoms with E-state index in [0.717, 1.165) is 11.5 Å². The predicted octanol–water partition coefficient (Wildman–Crippen LogP) is 1.54. The van der Waals surface area contributed by atoms with Crippen LogP contribution in [-0.4, -0.2) is 29.5 Å². The third kappa shape index (κ3) is 4.63. The average molecular weight is 274 g/mol. The molecule has 3 nitrogen and oxygen atoms in total. The van der Waals surface area contributed by atoms with Gasteiger partial charge >= 0.3 is 7.12 Å². The Balaban J connectivity index is 1.74. The van der Waals surface area contributed by atoms with Gasteiger partial charge in [-0.3, -0.25) is 0 Å². The van der Waals surface area contributed by atoms with E-state index in [-0.39, 0.29) is 0 Å². The van der Waals surface area contributed by atoms with Crippen LogP contribution in [0.1, 0.15) is 0 Å². The van der Waals surface area contributed by atoms with Gasteiger partial charge < -0.3 is 14.8 Å². The first kappa shape index (κ1) is 14.0. The fourth-order valence-electron chi connectivity index (χ4n) is 1.57. The minimum Gasteiger partial charge on any atom is -0.493 e. The summed E-state index contributed by atoms with van der Waals surface area (Å²) in [5.41, 5.74) is 0.464. The topological polar surface area (TPSA) is 49.7 Å². The first-order chi connectivity index (χ1) is 9.25. The summed E-state index contributed by atoms with van der Waals surface area (Å²) in [6.07, 6.45) is 0. The van der Waals surface area contributed by atoms with Crippen LogP contribution in [0.2, 0.25) is 0 Å². The smallest absolute Gasteiger partial charge is 0.488 e. The third-order valence-electron chi connectivity index (χ3n) is 2.54. The molecule has 2 rings (SSSR count). The van der Waals surface area contributed by atoms with Crippen molar-refractivity contribution in [2.45, 2.75) is 4.90 Å². The van der Waals surface area contributed by atoms with Gasteiger partial charge in [0.25, 0.3) is 0 Å². The number of hydrogen-bond donors (Lipinski definition) is 2. The van der Waals surface area contributed by atoms with Crippen molar-refractivity contribution in [3.05, 3.63) is 54.6 Å². The minimum atomic E-state index is -1.43. The number of benzene rings is 2. The molecule has 0 aliphatic carbocycles. The molecule has 0 aliphatic rings. The Morgan fingerprint density at radius 2 is 1.63 bits per heavy atom. The summed E-state index contributed by atoms with van der Waals surface area (Å²) in [6, 6.07) is 16.9. The lowest BCUT2D eigenvalue weighted by atomic mass is 9.80. The second-order valence-corrected chi connectivity index (χ2v) is 5.12. The maximum absolute atomic E-state index is 8.97. The van der Waals surface area contributed by atoms with Gasteiger partial charge in [0.2, 0.25) is 0 Å². The van der Waals surface area contributed by atoms with Gasteiger partial charge in [-0.2, -0.15) is 0 Å². The summed E-state index contributed by atoms with van der Waals surface area (Å²) in [6.45, 7) is 0.612. The quantitative estimate of drug-likeness (QED) is 0.476. The van der Waals surface area contributed by atoms with Gasteiger partial charge in [0.1, 0.15) is 5.75 Å². The highest BCUT2D eigenvalue weighted by atomic mass is 32.2. The van der Waals surface area contributed by atoms with Gasteiger partial charge in [0.05, 0.1) is 6.61 Å². The van der Waals surface area contributed by atoms with Crippen LogP contribution < -0.4 is 10.2 Å². The van der Waals surface area contributed by atoms with Crippen molar-refractivity contribution < 1.29 is 14.8 Å². The van der Waals surface area contributed by atoms with E-state index in [4.69, 9.17) is 14.8 Å². The summed E-state index contributed by atoms with van der Waals surface area (Å²) in [4.78, 5) is 1.23. The summed E-state index contributed by atoms with van der Waals surface area (Å²) < 4.78 is 5.58. The highest BCUT2D eigenvalue weighted by molar-refractivity contribution is 7.99. The highest BCUT2D eigenvalue weighted by Crippen LogP contribution is 2.17. The van der Waals surface area contributed by atoms with Crippen molar-refractivity contribution in [2.75, 3.05) is 12.4 Å². The molecule has 0 saturated carbocycles. The zero-order chi connectivity index (χ0) is 13.5. The number of rotatable bonds is 6. The van der Waals surface area contributed by atoms with Crippen LogP contribution in [0.25, 0.3) is 0 Å². The standard InChI is InChI=1S/C14H15BO3S/c16-15(17)12-6-8-13(9-7-12)18-10-11-19-14-4-2-1-3-5-14/h1-9,16-17H,10-11H2. The largest absolute Gasteiger partial charge is 0.493 e. The molecule has 0 radical (unpaired) electrons. The predicted molar refractivity (Wildman–Crippen MR) is 78.9 cm³/mol. The molecule has 2 aromatic rings. The van der Waals surface area contributed by atoms with Crippen LogP contribution in [0, 0.1) is 0 Å². The number of hydrogen-bond acceptors (Lipinski definition) is 4. The lowest BCUT2D eigenvalue weighted by Crippen LogP contribution is -2.29. The molecule has 0 heterocycles. The van der Waals surface area contributed by atoms with Gasteiger partial charge in [-0.25, -0.2) is 0 Å². The molecule has 0 atom stereocenters. The van der Waals surface area contributed by atoms with E-state index in [1.54, 1.807) is 36.0 Å². The fraction of sp³-hybridized carbons (Fsp3) is 0.143. The van der Waals surface area contributed by atoms with Crippen molar-refractivity contribution in [3.63, 3.8) is 0 Å². The normalized spacial score (nSPS) is 10.2. The molecule has 2 N–H and O–H groups in total. The zero-order valence-electron chi connectivity index (χ0n) is 10.4. The number of ether oxygens (including phenoxy) is 1. The van der Waals surface area contributed by atoms with Crippen molar-refractivity contribution in [1.29, 1.82) is 0 Å². The molecule has 0 spiro atoms. The molecule has 98 valence electrons. The third-order valence-corrected chi connectivity index (χ3v) is 3.52. The van der Waals surface area contributed by atoms with Crippen LogP contribution in [0.3, 0.4) is 0 Å². The average Bonchev–Trinajstić information content (AvgIpc) is 2.45. The van der Waals surface area contributed by atoms with Gasteiger partial charge in [-0.15, -0.1) is 11.8 Å². The van der Waals surface area contributed by atoms with Gasteiger partial charge in [0.15, 0.2) is 0 Å². The van der Waals surface area contributed by atoms with E-state index in [1.807, 2.05) is 18.2 Å². The van der Waals surface area contributed by atoms with Gasteiger partial charge in [-0.1, -0.05) is 30.3 Å². The SMILES string of the molecule is OB(O)c1ccc(OCCSc2ccccc2)cc1. The fourth-order valence-corrected chi connectivity index (χ4v) is 2.32. The summed E-state index contributed by atoms with van der Waals surface area (Å²) in [7, 11) is -1.43. The molecule has 0 saturated heterocycles. The minimum absolute atomic E-state index is 0.464. The second kappa shape index (κ2) is 7.23. The second-order valence-electron chi connectivity index (χ2n) is 3.95. The molecule has 0 fully saturated rings. The van der Waals surface area contributed by atoms with Gasteiger partial charge in [0, 0.05) is 10.6 Å². The van der Waals surface area contributed by atoms with Crippen molar-refractivity contribution >= 4 is 24.3 Å². The molecule has 0 amide bonds. The highest BCUT2D eigenvalue weighted by Gasteiger charge is 2.09. The molecule has 0 aromatic heterocycles. The Bertz CT molecular complexity index is 488. The molecule has 0 aliphatic heterocycles. The Morgan fingerprint density at radius 1 is 0.947 bits per heavy atom. The van der Waals surface area contributed by atoms with E-state index >= 15 is 0 Å². The van der Waals surface area contributed by atoms with E-state index in [0.29, 0.717) is 12.1 Å². The lowest BCUT2D eigenvalue weighted by molar-refractivity contribution is 0.344. The molecule has 2 aromatic carbocycles. The first-order valence-corrected chi connectivity index (χ1v) is 7.01. The Kier molecular flexibility index (Phi) is 5.33.